The van der Waals surface area contributed by atoms with Gasteiger partial charge >= 0.3 is 0 Å². The third kappa shape index (κ3) is 3.82. The number of nitrogens with one attached hydrogen (secondary N) is 1. The van der Waals surface area contributed by atoms with E-state index in [4.69, 9.17) is 10.6 Å². The first-order chi connectivity index (χ1) is 10.1. The predicted molar refractivity (Wildman–Crippen MR) is 73.8 cm³/mol. The van der Waals surface area contributed by atoms with E-state index < -0.39 is 12.5 Å². The second-order valence-electron chi connectivity index (χ2n) is 4.22. The molecule has 0 saturated carbocycles. The Bertz CT molecular complexity index is 562. The number of ether oxygens (including phenoxy) is 1. The van der Waals surface area contributed by atoms with Crippen LogP contribution in [0.1, 0.15) is 13.3 Å². The highest BCUT2D eigenvalue weighted by Gasteiger charge is 2.20. The van der Waals surface area contributed by atoms with Gasteiger partial charge in [-0.3, -0.25) is 4.98 Å². The SMILES string of the molecule is CCC(Oc1ccc(-c2cnc(NN)cn2)cn1)C(F)F. The van der Waals surface area contributed by atoms with E-state index in [1.165, 1.54) is 24.7 Å². The van der Waals surface area contributed by atoms with Crippen molar-refractivity contribution in [3.63, 3.8) is 0 Å². The number of rotatable bonds is 6. The van der Waals surface area contributed by atoms with E-state index in [0.29, 0.717) is 17.1 Å². The molecular weight excluding hydrogens is 280 g/mol. The van der Waals surface area contributed by atoms with Crippen molar-refractivity contribution < 1.29 is 13.5 Å². The molecular formula is C13H15F2N5O. The summed E-state index contributed by atoms with van der Waals surface area (Å²) in [5.74, 6) is 5.79. The fourth-order valence-electron chi connectivity index (χ4n) is 1.62. The van der Waals surface area contributed by atoms with E-state index in [-0.39, 0.29) is 12.3 Å². The molecule has 2 rings (SSSR count). The van der Waals surface area contributed by atoms with Crippen LogP contribution in [0.5, 0.6) is 5.88 Å². The zero-order chi connectivity index (χ0) is 15.2. The number of nitrogens with zero attached hydrogens (tertiary/aromatic N) is 3. The number of nitrogens with two attached hydrogens (primary N) is 1. The predicted octanol–water partition coefficient (Wildman–Crippen LogP) is 2.25. The molecule has 0 aromatic carbocycles. The van der Waals surface area contributed by atoms with Gasteiger partial charge in [0.15, 0.2) is 11.9 Å². The van der Waals surface area contributed by atoms with Crippen LogP contribution in [-0.4, -0.2) is 27.5 Å². The third-order valence-electron chi connectivity index (χ3n) is 2.79. The largest absolute Gasteiger partial charge is 0.468 e. The average Bonchev–Trinajstić information content (AvgIpc) is 2.53. The van der Waals surface area contributed by atoms with Crippen molar-refractivity contribution in [2.75, 3.05) is 5.43 Å². The molecule has 2 heterocycles. The van der Waals surface area contributed by atoms with Crippen molar-refractivity contribution in [2.24, 2.45) is 5.84 Å². The molecule has 6 nitrogen and oxygen atoms in total. The maximum Gasteiger partial charge on any atom is 0.274 e. The maximum atomic E-state index is 12.6. The molecule has 0 amide bonds. The van der Waals surface area contributed by atoms with Crippen LogP contribution in [0, 0.1) is 0 Å². The first-order valence-corrected chi connectivity index (χ1v) is 6.34. The molecule has 112 valence electrons. The molecule has 0 aliphatic heterocycles. The Balaban J connectivity index is 2.10. The van der Waals surface area contributed by atoms with Crippen molar-refractivity contribution in [1.29, 1.82) is 0 Å². The molecule has 2 aromatic heterocycles. The van der Waals surface area contributed by atoms with Crippen LogP contribution in [0.25, 0.3) is 11.3 Å². The smallest absolute Gasteiger partial charge is 0.274 e. The average molecular weight is 295 g/mol. The lowest BCUT2D eigenvalue weighted by Gasteiger charge is -2.15. The number of nitrogen functional groups attached to an aromatic ring is 1. The summed E-state index contributed by atoms with van der Waals surface area (Å²) >= 11 is 0. The molecule has 1 unspecified atom stereocenters. The van der Waals surface area contributed by atoms with Gasteiger partial charge in [-0.15, -0.1) is 0 Å². The molecule has 1 atom stereocenters. The van der Waals surface area contributed by atoms with E-state index in [0.717, 1.165) is 0 Å². The number of aromatic nitrogens is 3. The van der Waals surface area contributed by atoms with E-state index in [2.05, 4.69) is 20.4 Å². The Morgan fingerprint density at radius 2 is 2.00 bits per heavy atom. The highest BCUT2D eigenvalue weighted by atomic mass is 19.3. The molecule has 0 fully saturated rings. The normalized spacial score (nSPS) is 12.2. The third-order valence-corrected chi connectivity index (χ3v) is 2.79. The van der Waals surface area contributed by atoms with Crippen LogP contribution in [0.15, 0.2) is 30.7 Å². The highest BCUT2D eigenvalue weighted by molar-refractivity contribution is 5.57. The number of pyridine rings is 1. The lowest BCUT2D eigenvalue weighted by atomic mass is 10.2. The van der Waals surface area contributed by atoms with Crippen LogP contribution in [0.4, 0.5) is 14.6 Å². The summed E-state index contributed by atoms with van der Waals surface area (Å²) < 4.78 is 30.4. The molecule has 8 heteroatoms. The van der Waals surface area contributed by atoms with Gasteiger partial charge in [-0.1, -0.05) is 6.92 Å². The lowest BCUT2D eigenvalue weighted by molar-refractivity contribution is 0.00746. The van der Waals surface area contributed by atoms with Crippen LogP contribution >= 0.6 is 0 Å². The van der Waals surface area contributed by atoms with Crippen LogP contribution in [0.2, 0.25) is 0 Å². The molecule has 3 N–H and O–H groups in total. The summed E-state index contributed by atoms with van der Waals surface area (Å²) in [5, 5.41) is 0. The molecule has 0 bridgehead atoms. The van der Waals surface area contributed by atoms with Crippen molar-refractivity contribution in [2.45, 2.75) is 25.9 Å². The Hall–Kier alpha value is -2.35. The topological polar surface area (TPSA) is 86.0 Å². The Labute approximate surface area is 120 Å². The number of hydrogen-bond acceptors (Lipinski definition) is 6. The fraction of sp³-hybridized carbons (Fsp3) is 0.308. The Morgan fingerprint density at radius 1 is 1.19 bits per heavy atom. The van der Waals surface area contributed by atoms with E-state index in [1.54, 1.807) is 13.0 Å². The summed E-state index contributed by atoms with van der Waals surface area (Å²) in [6, 6.07) is 3.21. The van der Waals surface area contributed by atoms with Crippen molar-refractivity contribution in [3.05, 3.63) is 30.7 Å². The quantitative estimate of drug-likeness (QED) is 0.628. The molecule has 0 radical (unpaired) electrons. The van der Waals surface area contributed by atoms with Crippen molar-refractivity contribution in [3.8, 4) is 17.1 Å². The van der Waals surface area contributed by atoms with Gasteiger partial charge in [-0.25, -0.2) is 24.6 Å². The highest BCUT2D eigenvalue weighted by Crippen LogP contribution is 2.20. The molecule has 2 aromatic rings. The number of halogens is 2. The maximum absolute atomic E-state index is 12.6. The minimum absolute atomic E-state index is 0.152. The minimum Gasteiger partial charge on any atom is -0.468 e. The molecule has 0 aliphatic carbocycles. The fourth-order valence-corrected chi connectivity index (χ4v) is 1.62. The van der Waals surface area contributed by atoms with Gasteiger partial charge in [0.05, 0.1) is 18.1 Å². The first-order valence-electron chi connectivity index (χ1n) is 6.34. The Kier molecular flexibility index (Phi) is 4.94. The van der Waals surface area contributed by atoms with Crippen molar-refractivity contribution in [1.82, 2.24) is 15.0 Å². The van der Waals surface area contributed by atoms with Crippen molar-refractivity contribution >= 4 is 5.82 Å². The van der Waals surface area contributed by atoms with Gasteiger partial charge in [0, 0.05) is 17.8 Å². The number of anilines is 1. The van der Waals surface area contributed by atoms with Gasteiger partial charge in [0.2, 0.25) is 5.88 Å². The zero-order valence-corrected chi connectivity index (χ0v) is 11.3. The summed E-state index contributed by atoms with van der Waals surface area (Å²) in [4.78, 5) is 12.2. The standard InChI is InChI=1S/C13H15F2N5O/c1-2-10(13(14)15)21-12-4-3-8(5-19-12)9-6-18-11(20-16)7-17-9/h3-7,10,13H,2,16H2,1H3,(H,18,20). The minimum atomic E-state index is -2.54. The summed E-state index contributed by atoms with van der Waals surface area (Å²) in [6.07, 6.45) is 1.01. The second kappa shape index (κ2) is 6.89. The Morgan fingerprint density at radius 3 is 2.48 bits per heavy atom. The van der Waals surface area contributed by atoms with Crippen LogP contribution < -0.4 is 16.0 Å². The van der Waals surface area contributed by atoms with Crippen LogP contribution in [0.3, 0.4) is 0 Å². The summed E-state index contributed by atoms with van der Waals surface area (Å²) in [7, 11) is 0. The number of alkyl halides is 2. The van der Waals surface area contributed by atoms with Crippen LogP contribution in [-0.2, 0) is 0 Å². The van der Waals surface area contributed by atoms with Gasteiger partial charge in [-0.2, -0.15) is 0 Å². The van der Waals surface area contributed by atoms with Gasteiger partial charge in [0.25, 0.3) is 6.43 Å². The zero-order valence-electron chi connectivity index (χ0n) is 11.3. The lowest BCUT2D eigenvalue weighted by Crippen LogP contribution is -2.24. The summed E-state index contributed by atoms with van der Waals surface area (Å²) in [6.45, 7) is 1.63. The van der Waals surface area contributed by atoms with E-state index in [9.17, 15) is 8.78 Å². The number of hydrazine groups is 1. The molecule has 0 saturated heterocycles. The monoisotopic (exact) mass is 295 g/mol. The van der Waals surface area contributed by atoms with E-state index >= 15 is 0 Å². The van der Waals surface area contributed by atoms with Gasteiger partial charge < -0.3 is 10.2 Å². The summed E-state index contributed by atoms with van der Waals surface area (Å²) in [5.41, 5.74) is 3.66. The second-order valence-corrected chi connectivity index (χ2v) is 4.22. The molecule has 21 heavy (non-hydrogen) atoms. The molecule has 0 aliphatic rings. The number of hydrogen-bond donors (Lipinski definition) is 2. The van der Waals surface area contributed by atoms with Gasteiger partial charge in [0.1, 0.15) is 0 Å². The first kappa shape index (κ1) is 15.0. The molecule has 0 spiro atoms. The van der Waals surface area contributed by atoms with Gasteiger partial charge in [-0.05, 0) is 12.5 Å². The van der Waals surface area contributed by atoms with E-state index in [1.807, 2.05) is 0 Å².